The van der Waals surface area contributed by atoms with Gasteiger partial charge >= 0.3 is 0 Å². The zero-order valence-corrected chi connectivity index (χ0v) is 14.1. The summed E-state index contributed by atoms with van der Waals surface area (Å²) in [6.07, 6.45) is 5.51. The molecule has 5 heteroatoms. The Hall–Kier alpha value is -0.910. The van der Waals surface area contributed by atoms with Crippen molar-refractivity contribution in [2.24, 2.45) is 0 Å². The Kier molecular flexibility index (Phi) is 5.50. The minimum atomic E-state index is 0.516. The van der Waals surface area contributed by atoms with Crippen molar-refractivity contribution in [2.45, 2.75) is 51.7 Å². The Balaban J connectivity index is 1.66. The van der Waals surface area contributed by atoms with E-state index in [-0.39, 0.29) is 0 Å². The van der Waals surface area contributed by atoms with Crippen molar-refractivity contribution in [3.05, 3.63) is 18.0 Å². The zero-order valence-electron chi connectivity index (χ0n) is 14.1. The smallest absolute Gasteiger partial charge is 0.0662 e. The van der Waals surface area contributed by atoms with Crippen LogP contribution in [0.5, 0.6) is 0 Å². The van der Waals surface area contributed by atoms with E-state index in [0.717, 1.165) is 39.4 Å². The van der Waals surface area contributed by atoms with Crippen LogP contribution < -0.4 is 0 Å². The van der Waals surface area contributed by atoms with E-state index in [4.69, 9.17) is 4.74 Å². The molecular weight excluding hydrogens is 276 g/mol. The van der Waals surface area contributed by atoms with E-state index >= 15 is 0 Å². The van der Waals surface area contributed by atoms with Gasteiger partial charge in [-0.1, -0.05) is 13.8 Å². The molecule has 0 N–H and O–H groups in total. The topological polar surface area (TPSA) is 33.5 Å². The molecule has 1 aromatic heterocycles. The second-order valence-electron chi connectivity index (χ2n) is 6.51. The number of nitrogens with zero attached hydrogens (tertiary/aromatic N) is 4. The summed E-state index contributed by atoms with van der Waals surface area (Å²) in [5, 5.41) is 4.59. The molecule has 2 aliphatic rings. The van der Waals surface area contributed by atoms with Gasteiger partial charge in [-0.25, -0.2) is 0 Å². The Morgan fingerprint density at radius 1 is 1.27 bits per heavy atom. The number of fused-ring (bicyclic) bond motifs is 1. The molecule has 0 aromatic carbocycles. The highest BCUT2D eigenvalue weighted by atomic mass is 16.5. The van der Waals surface area contributed by atoms with Gasteiger partial charge in [-0.05, 0) is 38.4 Å². The Morgan fingerprint density at radius 3 is 2.77 bits per heavy atom. The maximum absolute atomic E-state index is 5.53. The Bertz CT molecular complexity index is 451. The number of hydrogen-bond donors (Lipinski definition) is 0. The lowest BCUT2D eigenvalue weighted by Crippen LogP contribution is -2.46. The average molecular weight is 306 g/mol. The van der Waals surface area contributed by atoms with Crippen LogP contribution in [0.4, 0.5) is 0 Å². The van der Waals surface area contributed by atoms with Gasteiger partial charge in [-0.15, -0.1) is 0 Å². The summed E-state index contributed by atoms with van der Waals surface area (Å²) < 4.78 is 7.81. The predicted octanol–water partition coefficient (Wildman–Crippen LogP) is 2.15. The van der Waals surface area contributed by atoms with Gasteiger partial charge in [0.25, 0.3) is 0 Å². The van der Waals surface area contributed by atoms with Gasteiger partial charge in [0, 0.05) is 45.1 Å². The second kappa shape index (κ2) is 7.57. The lowest BCUT2D eigenvalue weighted by atomic mass is 10.0. The van der Waals surface area contributed by atoms with E-state index in [1.165, 1.54) is 31.5 Å². The molecule has 1 aromatic rings. The molecule has 3 heterocycles. The maximum atomic E-state index is 5.53. The first-order valence-electron chi connectivity index (χ1n) is 8.88. The number of hydrogen-bond acceptors (Lipinski definition) is 4. The third-order valence-corrected chi connectivity index (χ3v) is 5.29. The molecule has 22 heavy (non-hydrogen) atoms. The van der Waals surface area contributed by atoms with Crippen LogP contribution in [-0.2, 0) is 11.3 Å². The van der Waals surface area contributed by atoms with Gasteiger partial charge in [0.15, 0.2) is 0 Å². The third-order valence-electron chi connectivity index (χ3n) is 5.29. The standard InChI is InChI=1S/C17H30N4O/c1-3-19(4-2)10-6-17-14-20(15-7-11-22-12-8-15)13-16-5-9-18-21(16)17/h5,9,15,17H,3-4,6-8,10-14H2,1-2H3. The number of aromatic nitrogens is 2. The third kappa shape index (κ3) is 3.53. The lowest BCUT2D eigenvalue weighted by molar-refractivity contribution is 0.0150. The molecule has 0 saturated carbocycles. The highest BCUT2D eigenvalue weighted by molar-refractivity contribution is 5.06. The molecule has 0 spiro atoms. The number of ether oxygens (including phenoxy) is 1. The first-order chi connectivity index (χ1) is 10.8. The summed E-state index contributed by atoms with van der Waals surface area (Å²) in [6.45, 7) is 12.0. The average Bonchev–Trinajstić information content (AvgIpc) is 3.05. The van der Waals surface area contributed by atoms with Crippen molar-refractivity contribution in [2.75, 3.05) is 39.4 Å². The molecule has 2 aliphatic heterocycles. The van der Waals surface area contributed by atoms with Crippen LogP contribution in [0.15, 0.2) is 12.3 Å². The van der Waals surface area contributed by atoms with Gasteiger partial charge in [0.05, 0.1) is 11.7 Å². The van der Waals surface area contributed by atoms with Crippen molar-refractivity contribution in [3.63, 3.8) is 0 Å². The quantitative estimate of drug-likeness (QED) is 0.806. The van der Waals surface area contributed by atoms with Crippen molar-refractivity contribution in [1.82, 2.24) is 19.6 Å². The van der Waals surface area contributed by atoms with Gasteiger partial charge in [-0.2, -0.15) is 5.10 Å². The van der Waals surface area contributed by atoms with Gasteiger partial charge in [0.1, 0.15) is 0 Å². The Labute approximate surface area is 134 Å². The normalized spacial score (nSPS) is 23.9. The molecule has 0 aliphatic carbocycles. The molecule has 3 rings (SSSR count). The van der Waals surface area contributed by atoms with Crippen LogP contribution in [0.2, 0.25) is 0 Å². The SMILES string of the molecule is CCN(CC)CCC1CN(C2CCOCC2)Cc2ccnn21. The van der Waals surface area contributed by atoms with Crippen LogP contribution in [0.3, 0.4) is 0 Å². The van der Waals surface area contributed by atoms with E-state index < -0.39 is 0 Å². The minimum absolute atomic E-state index is 0.516. The molecule has 1 atom stereocenters. The number of rotatable bonds is 6. The molecular formula is C17H30N4O. The summed E-state index contributed by atoms with van der Waals surface area (Å²) in [5.74, 6) is 0. The highest BCUT2D eigenvalue weighted by Crippen LogP contribution is 2.27. The molecule has 1 fully saturated rings. The highest BCUT2D eigenvalue weighted by Gasteiger charge is 2.30. The van der Waals surface area contributed by atoms with Crippen LogP contribution >= 0.6 is 0 Å². The second-order valence-corrected chi connectivity index (χ2v) is 6.51. The van der Waals surface area contributed by atoms with Crippen LogP contribution in [0.25, 0.3) is 0 Å². The first-order valence-corrected chi connectivity index (χ1v) is 8.88. The molecule has 0 amide bonds. The van der Waals surface area contributed by atoms with Crippen molar-refractivity contribution < 1.29 is 4.74 Å². The molecule has 5 nitrogen and oxygen atoms in total. The predicted molar refractivity (Wildman–Crippen MR) is 87.9 cm³/mol. The van der Waals surface area contributed by atoms with Crippen molar-refractivity contribution in [3.8, 4) is 0 Å². The Morgan fingerprint density at radius 2 is 2.05 bits per heavy atom. The van der Waals surface area contributed by atoms with Crippen LogP contribution in [0.1, 0.15) is 44.8 Å². The van der Waals surface area contributed by atoms with E-state index in [1.807, 2.05) is 6.20 Å². The van der Waals surface area contributed by atoms with E-state index in [2.05, 4.69) is 39.5 Å². The first kappa shape index (κ1) is 16.0. The van der Waals surface area contributed by atoms with Gasteiger partial charge < -0.3 is 9.64 Å². The summed E-state index contributed by atoms with van der Waals surface area (Å²) >= 11 is 0. The molecule has 124 valence electrons. The fourth-order valence-corrected chi connectivity index (χ4v) is 3.83. The monoisotopic (exact) mass is 306 g/mol. The van der Waals surface area contributed by atoms with Crippen molar-refractivity contribution in [1.29, 1.82) is 0 Å². The minimum Gasteiger partial charge on any atom is -0.381 e. The molecule has 0 bridgehead atoms. The fraction of sp³-hybridized carbons (Fsp3) is 0.824. The summed E-state index contributed by atoms with van der Waals surface area (Å²) in [7, 11) is 0. The molecule has 0 radical (unpaired) electrons. The zero-order chi connectivity index (χ0) is 15.4. The summed E-state index contributed by atoms with van der Waals surface area (Å²) in [4.78, 5) is 5.18. The molecule has 1 unspecified atom stereocenters. The van der Waals surface area contributed by atoms with Gasteiger partial charge in [0.2, 0.25) is 0 Å². The van der Waals surface area contributed by atoms with E-state index in [0.29, 0.717) is 12.1 Å². The molecule has 1 saturated heterocycles. The van der Waals surface area contributed by atoms with E-state index in [1.54, 1.807) is 0 Å². The van der Waals surface area contributed by atoms with Crippen LogP contribution in [-0.4, -0.2) is 65.0 Å². The van der Waals surface area contributed by atoms with Crippen LogP contribution in [0, 0.1) is 0 Å². The largest absolute Gasteiger partial charge is 0.381 e. The van der Waals surface area contributed by atoms with E-state index in [9.17, 15) is 0 Å². The summed E-state index contributed by atoms with van der Waals surface area (Å²) in [6, 6.07) is 3.39. The maximum Gasteiger partial charge on any atom is 0.0662 e. The summed E-state index contributed by atoms with van der Waals surface area (Å²) in [5.41, 5.74) is 1.38. The van der Waals surface area contributed by atoms with Crippen molar-refractivity contribution >= 4 is 0 Å². The lowest BCUT2D eigenvalue weighted by Gasteiger charge is -2.40. The fourth-order valence-electron chi connectivity index (χ4n) is 3.83. The van der Waals surface area contributed by atoms with Gasteiger partial charge in [-0.3, -0.25) is 9.58 Å².